The van der Waals surface area contributed by atoms with Gasteiger partial charge in [-0.2, -0.15) is 0 Å². The van der Waals surface area contributed by atoms with E-state index in [1.807, 2.05) is 24.3 Å². The van der Waals surface area contributed by atoms with Gasteiger partial charge in [0.05, 0.1) is 30.8 Å². The Bertz CT molecular complexity index is 612. The van der Waals surface area contributed by atoms with Crippen LogP contribution in [0.25, 0.3) is 0 Å². The van der Waals surface area contributed by atoms with Crippen LogP contribution in [0.5, 0.6) is 5.75 Å². The van der Waals surface area contributed by atoms with Gasteiger partial charge in [-0.25, -0.2) is 0 Å². The van der Waals surface area contributed by atoms with E-state index in [9.17, 15) is 14.8 Å². The van der Waals surface area contributed by atoms with Crippen molar-refractivity contribution in [1.29, 1.82) is 0 Å². The van der Waals surface area contributed by atoms with Crippen molar-refractivity contribution in [3.8, 4) is 5.75 Å². The van der Waals surface area contributed by atoms with Crippen LogP contribution in [-0.2, 0) is 9.53 Å². The lowest BCUT2D eigenvalue weighted by molar-refractivity contribution is -0.123. The topological polar surface area (TPSA) is 79.2 Å². The molecule has 3 aliphatic heterocycles. The average Bonchev–Trinajstić information content (AvgIpc) is 3.30. The number of amides is 1. The second kappa shape index (κ2) is 6.39. The molecule has 0 unspecified atom stereocenters. The number of fused-ring (bicyclic) bond motifs is 3. The van der Waals surface area contributed by atoms with Gasteiger partial charge in [-0.1, -0.05) is 18.2 Å². The first-order valence-electron chi connectivity index (χ1n) is 8.63. The molecule has 0 aromatic heterocycles. The highest BCUT2D eigenvalue weighted by molar-refractivity contribution is 6.43. The molecule has 0 aliphatic carbocycles. The fraction of sp³-hybridized carbons (Fsp3) is 0.588. The molecule has 128 valence electrons. The van der Waals surface area contributed by atoms with E-state index in [0.717, 1.165) is 37.0 Å². The zero-order valence-corrected chi connectivity index (χ0v) is 13.5. The molecule has 3 aliphatic rings. The molecule has 1 aromatic carbocycles. The first kappa shape index (κ1) is 15.9. The number of benzene rings is 1. The number of ether oxygens (including phenoxy) is 2. The molecule has 2 N–H and O–H groups in total. The Kier molecular flexibility index (Phi) is 4.24. The Morgan fingerprint density at radius 2 is 2.17 bits per heavy atom. The molecule has 1 amide bonds. The second-order valence-corrected chi connectivity index (χ2v) is 6.99. The predicted octanol–water partition coefficient (Wildman–Crippen LogP) is 0.712. The molecule has 4 rings (SSSR count). The van der Waals surface area contributed by atoms with E-state index in [1.54, 1.807) is 4.90 Å². The molecular formula is C17H22BNO5. The molecule has 3 heterocycles. The van der Waals surface area contributed by atoms with Crippen molar-refractivity contribution in [2.45, 2.75) is 55.8 Å². The molecular weight excluding hydrogens is 309 g/mol. The Morgan fingerprint density at radius 1 is 1.33 bits per heavy atom. The van der Waals surface area contributed by atoms with Crippen molar-refractivity contribution in [2.75, 3.05) is 6.61 Å². The summed E-state index contributed by atoms with van der Waals surface area (Å²) in [6.45, 7) is 0.502. The van der Waals surface area contributed by atoms with Crippen molar-refractivity contribution in [1.82, 2.24) is 4.90 Å². The summed E-state index contributed by atoms with van der Waals surface area (Å²) in [6, 6.07) is 7.72. The first-order valence-corrected chi connectivity index (χ1v) is 8.63. The molecule has 0 spiro atoms. The van der Waals surface area contributed by atoms with Crippen LogP contribution in [0.3, 0.4) is 0 Å². The van der Waals surface area contributed by atoms with E-state index in [1.165, 1.54) is 0 Å². The summed E-state index contributed by atoms with van der Waals surface area (Å²) in [5, 5.41) is 19.9. The molecule has 1 aromatic rings. The monoisotopic (exact) mass is 331 g/mol. The summed E-state index contributed by atoms with van der Waals surface area (Å²) in [5.74, 6) is 0.236. The highest BCUT2D eigenvalue weighted by atomic mass is 16.5. The lowest BCUT2D eigenvalue weighted by Gasteiger charge is -2.36. The SMILES string of the molecule is O=CN([C@H](C[C@@H]1COc2ccccc21)B(O)O)[C@H]1C[C@H]2CC[C@@H]1O2. The Labute approximate surface area is 141 Å². The quantitative estimate of drug-likeness (QED) is 0.593. The lowest BCUT2D eigenvalue weighted by Crippen LogP contribution is -2.54. The number of carbonyl (C=O) groups excluding carboxylic acids is 1. The third kappa shape index (κ3) is 2.70. The summed E-state index contributed by atoms with van der Waals surface area (Å²) in [5.41, 5.74) is 1.07. The molecule has 24 heavy (non-hydrogen) atoms. The largest absolute Gasteiger partial charge is 0.493 e. The van der Waals surface area contributed by atoms with Crippen LogP contribution in [0.4, 0.5) is 0 Å². The molecule has 2 bridgehead atoms. The predicted molar refractivity (Wildman–Crippen MR) is 87.5 cm³/mol. The summed E-state index contributed by atoms with van der Waals surface area (Å²) in [6.07, 6.45) is 4.18. The van der Waals surface area contributed by atoms with Gasteiger partial charge in [0.2, 0.25) is 6.41 Å². The molecule has 5 atom stereocenters. The van der Waals surface area contributed by atoms with Crippen LogP contribution >= 0.6 is 0 Å². The number of nitrogens with zero attached hydrogens (tertiary/aromatic N) is 1. The zero-order chi connectivity index (χ0) is 16.7. The van der Waals surface area contributed by atoms with Gasteiger partial charge >= 0.3 is 7.12 Å². The fourth-order valence-electron chi connectivity index (χ4n) is 4.44. The number of hydrogen-bond acceptors (Lipinski definition) is 5. The molecule has 2 saturated heterocycles. The van der Waals surface area contributed by atoms with Crippen molar-refractivity contribution in [2.24, 2.45) is 0 Å². The zero-order valence-electron chi connectivity index (χ0n) is 13.5. The van der Waals surface area contributed by atoms with Crippen LogP contribution in [0.15, 0.2) is 24.3 Å². The Balaban J connectivity index is 1.53. The van der Waals surface area contributed by atoms with Gasteiger partial charge in [-0.15, -0.1) is 0 Å². The molecule has 0 radical (unpaired) electrons. The molecule has 7 heteroatoms. The van der Waals surface area contributed by atoms with Crippen LogP contribution in [0, 0.1) is 0 Å². The van der Waals surface area contributed by atoms with Crippen molar-refractivity contribution < 1.29 is 24.3 Å². The highest BCUT2D eigenvalue weighted by Gasteiger charge is 2.47. The normalized spacial score (nSPS) is 31.4. The Hall–Kier alpha value is -1.57. The minimum atomic E-state index is -1.58. The van der Waals surface area contributed by atoms with Crippen LogP contribution < -0.4 is 4.74 Å². The maximum absolute atomic E-state index is 11.8. The number of rotatable bonds is 6. The Morgan fingerprint density at radius 3 is 2.83 bits per heavy atom. The van der Waals surface area contributed by atoms with Gasteiger partial charge in [0.1, 0.15) is 5.75 Å². The van der Waals surface area contributed by atoms with Crippen LogP contribution in [0.2, 0.25) is 0 Å². The van der Waals surface area contributed by atoms with E-state index in [4.69, 9.17) is 9.47 Å². The van der Waals surface area contributed by atoms with Crippen LogP contribution in [-0.4, -0.2) is 59.3 Å². The van der Waals surface area contributed by atoms with Gasteiger partial charge in [0.15, 0.2) is 0 Å². The van der Waals surface area contributed by atoms with E-state index in [0.29, 0.717) is 13.0 Å². The van der Waals surface area contributed by atoms with E-state index in [-0.39, 0.29) is 24.2 Å². The van der Waals surface area contributed by atoms with Crippen molar-refractivity contribution in [3.63, 3.8) is 0 Å². The minimum absolute atomic E-state index is 0.0218. The van der Waals surface area contributed by atoms with E-state index >= 15 is 0 Å². The van der Waals surface area contributed by atoms with Gasteiger partial charge in [0, 0.05) is 11.5 Å². The molecule has 2 fully saturated rings. The second-order valence-electron chi connectivity index (χ2n) is 6.99. The highest BCUT2D eigenvalue weighted by Crippen LogP contribution is 2.40. The smallest absolute Gasteiger partial charge is 0.475 e. The fourth-order valence-corrected chi connectivity index (χ4v) is 4.44. The number of para-hydroxylation sites is 1. The van der Waals surface area contributed by atoms with Crippen LogP contribution in [0.1, 0.15) is 37.2 Å². The minimum Gasteiger partial charge on any atom is -0.493 e. The molecule has 6 nitrogen and oxygen atoms in total. The number of carbonyl (C=O) groups is 1. The standard InChI is InChI=1S/C17H22BNO5/c20-10-19(14-8-12-5-6-16(14)24-12)17(18(21)22)7-11-9-23-15-4-2-1-3-13(11)15/h1-4,10-12,14,16-17,21-22H,5-9H2/t11-,12-,14+,16+,17-/m1/s1. The summed E-state index contributed by atoms with van der Waals surface area (Å²) >= 11 is 0. The van der Waals surface area contributed by atoms with E-state index in [2.05, 4.69) is 0 Å². The first-order chi connectivity index (χ1) is 11.7. The maximum atomic E-state index is 11.8. The summed E-state index contributed by atoms with van der Waals surface area (Å²) in [4.78, 5) is 13.3. The van der Waals surface area contributed by atoms with Gasteiger partial charge in [-0.05, 0) is 31.7 Å². The lowest BCUT2D eigenvalue weighted by atomic mass is 9.71. The van der Waals surface area contributed by atoms with Gasteiger partial charge in [-0.3, -0.25) is 4.79 Å². The summed E-state index contributed by atoms with van der Waals surface area (Å²) < 4.78 is 11.5. The number of hydrogen-bond donors (Lipinski definition) is 2. The third-order valence-corrected chi connectivity index (χ3v) is 5.63. The third-order valence-electron chi connectivity index (χ3n) is 5.63. The van der Waals surface area contributed by atoms with Crippen molar-refractivity contribution >= 4 is 13.5 Å². The summed E-state index contributed by atoms with van der Waals surface area (Å²) in [7, 11) is -1.58. The average molecular weight is 331 g/mol. The van der Waals surface area contributed by atoms with Gasteiger partial charge in [0.25, 0.3) is 0 Å². The van der Waals surface area contributed by atoms with Crippen molar-refractivity contribution in [3.05, 3.63) is 29.8 Å². The molecule has 0 saturated carbocycles. The van der Waals surface area contributed by atoms with Gasteiger partial charge < -0.3 is 24.4 Å². The maximum Gasteiger partial charge on any atom is 0.475 e. The van der Waals surface area contributed by atoms with E-state index < -0.39 is 13.1 Å².